The van der Waals surface area contributed by atoms with Gasteiger partial charge in [-0.1, -0.05) is 6.92 Å². The minimum absolute atomic E-state index is 0. The van der Waals surface area contributed by atoms with E-state index in [-0.39, 0.29) is 18.3 Å². The zero-order chi connectivity index (χ0) is 11.5. The number of thioether (sulfide) groups is 1. The van der Waals surface area contributed by atoms with Crippen molar-refractivity contribution in [3.63, 3.8) is 0 Å². The summed E-state index contributed by atoms with van der Waals surface area (Å²) in [6, 6.07) is 0.311. The summed E-state index contributed by atoms with van der Waals surface area (Å²) < 4.78 is 0. The van der Waals surface area contributed by atoms with Crippen LogP contribution in [0.25, 0.3) is 0 Å². The third-order valence-electron chi connectivity index (χ3n) is 2.14. The van der Waals surface area contributed by atoms with Gasteiger partial charge in [-0.25, -0.2) is 0 Å². The molecule has 98 valence electrons. The molecule has 0 saturated heterocycles. The van der Waals surface area contributed by atoms with Crippen LogP contribution in [0.3, 0.4) is 0 Å². The van der Waals surface area contributed by atoms with Gasteiger partial charge >= 0.3 is 0 Å². The number of hydrogen-bond acceptors (Lipinski definition) is 3. The highest BCUT2D eigenvalue weighted by Gasteiger charge is 2.06. The lowest BCUT2D eigenvalue weighted by Crippen LogP contribution is -2.33. The second-order valence-corrected chi connectivity index (χ2v) is 5.06. The summed E-state index contributed by atoms with van der Waals surface area (Å²) in [5.74, 6) is 2.47. The molecule has 16 heavy (non-hydrogen) atoms. The lowest BCUT2D eigenvalue weighted by atomic mass is 10.2. The number of carbonyl (C=O) groups excluding carboxylic acids is 1. The van der Waals surface area contributed by atoms with Crippen molar-refractivity contribution >= 4 is 30.1 Å². The molecule has 1 atom stereocenters. The maximum absolute atomic E-state index is 11.4. The molecule has 1 amide bonds. The molecule has 2 N–H and O–H groups in total. The van der Waals surface area contributed by atoms with Gasteiger partial charge in [0.05, 0.1) is 0 Å². The first-order valence-corrected chi connectivity index (χ1v) is 6.87. The predicted molar refractivity (Wildman–Crippen MR) is 75.6 cm³/mol. The van der Waals surface area contributed by atoms with Crippen molar-refractivity contribution in [2.24, 2.45) is 0 Å². The van der Waals surface area contributed by atoms with Gasteiger partial charge in [-0.05, 0) is 44.9 Å². The number of hydrogen-bond donors (Lipinski definition) is 2. The van der Waals surface area contributed by atoms with Gasteiger partial charge in [0.15, 0.2) is 0 Å². The summed E-state index contributed by atoms with van der Waals surface area (Å²) in [6.45, 7) is 5.14. The first-order valence-electron chi connectivity index (χ1n) is 5.72. The Kier molecular flexibility index (Phi) is 15.1. The van der Waals surface area contributed by atoms with Gasteiger partial charge in [-0.3, -0.25) is 4.79 Å². The fourth-order valence-electron chi connectivity index (χ4n) is 1.25. The lowest BCUT2D eigenvalue weighted by molar-refractivity contribution is -0.121. The molecule has 0 aliphatic rings. The lowest BCUT2D eigenvalue weighted by Gasteiger charge is -2.13. The minimum atomic E-state index is 0. The highest BCUT2D eigenvalue weighted by atomic mass is 35.5. The van der Waals surface area contributed by atoms with Crippen LogP contribution in [-0.2, 0) is 4.79 Å². The average molecular weight is 269 g/mol. The van der Waals surface area contributed by atoms with Crippen LogP contribution < -0.4 is 10.6 Å². The predicted octanol–water partition coefficient (Wildman–Crippen LogP) is 2.06. The third kappa shape index (κ3) is 12.1. The molecule has 5 heteroatoms. The van der Waals surface area contributed by atoms with Gasteiger partial charge in [-0.2, -0.15) is 11.8 Å². The number of rotatable bonds is 9. The van der Waals surface area contributed by atoms with Crippen LogP contribution in [0.15, 0.2) is 0 Å². The maximum atomic E-state index is 11.4. The number of halogens is 1. The molecule has 0 rings (SSSR count). The van der Waals surface area contributed by atoms with Gasteiger partial charge in [0.2, 0.25) is 5.91 Å². The molecule has 0 aromatic carbocycles. The monoisotopic (exact) mass is 268 g/mol. The van der Waals surface area contributed by atoms with Crippen LogP contribution in [0.1, 0.15) is 33.1 Å². The summed E-state index contributed by atoms with van der Waals surface area (Å²) in [7, 11) is 1.91. The summed E-state index contributed by atoms with van der Waals surface area (Å²) in [4.78, 5) is 11.4. The van der Waals surface area contributed by atoms with E-state index >= 15 is 0 Å². The normalized spacial score (nSPS) is 11.7. The summed E-state index contributed by atoms with van der Waals surface area (Å²) in [6.07, 6.45) is 2.61. The maximum Gasteiger partial charge on any atom is 0.220 e. The molecule has 1 unspecified atom stereocenters. The Labute approximate surface area is 110 Å². The Bertz CT molecular complexity index is 170. The molecule has 0 radical (unpaired) electrons. The van der Waals surface area contributed by atoms with E-state index in [2.05, 4.69) is 24.5 Å². The van der Waals surface area contributed by atoms with Gasteiger partial charge < -0.3 is 10.6 Å². The highest BCUT2D eigenvalue weighted by molar-refractivity contribution is 7.99. The molecule has 0 saturated carbocycles. The Morgan fingerprint density at radius 1 is 1.44 bits per heavy atom. The number of nitrogens with one attached hydrogen (secondary N) is 2. The quantitative estimate of drug-likeness (QED) is 0.629. The fraction of sp³-hybridized carbons (Fsp3) is 0.909. The first-order chi connectivity index (χ1) is 7.20. The van der Waals surface area contributed by atoms with E-state index in [1.54, 1.807) is 0 Å². The van der Waals surface area contributed by atoms with E-state index in [1.165, 1.54) is 0 Å². The molecule has 0 fully saturated rings. The molecule has 0 aromatic rings. The van der Waals surface area contributed by atoms with Crippen molar-refractivity contribution in [3.8, 4) is 0 Å². The van der Waals surface area contributed by atoms with Crippen LogP contribution in [0.5, 0.6) is 0 Å². The molecular formula is C11H25ClN2OS. The number of carbonyl (C=O) groups is 1. The standard InChI is InChI=1S/C11H24N2OS.ClH/c1-4-15-9-7-10(2)13-11(14)6-5-8-12-3;/h10,12H,4-9H2,1-3H3,(H,13,14);1H. The van der Waals surface area contributed by atoms with Gasteiger partial charge in [0.1, 0.15) is 0 Å². The average Bonchev–Trinajstić information content (AvgIpc) is 2.18. The van der Waals surface area contributed by atoms with Gasteiger partial charge in [0, 0.05) is 12.5 Å². The minimum Gasteiger partial charge on any atom is -0.354 e. The highest BCUT2D eigenvalue weighted by Crippen LogP contribution is 2.03. The van der Waals surface area contributed by atoms with Gasteiger partial charge in [-0.15, -0.1) is 12.4 Å². The van der Waals surface area contributed by atoms with E-state index in [9.17, 15) is 4.79 Å². The van der Waals surface area contributed by atoms with E-state index < -0.39 is 0 Å². The van der Waals surface area contributed by atoms with Crippen molar-refractivity contribution in [2.45, 2.75) is 39.2 Å². The Morgan fingerprint density at radius 2 is 2.12 bits per heavy atom. The second kappa shape index (κ2) is 13.1. The zero-order valence-electron chi connectivity index (χ0n) is 10.5. The molecule has 0 bridgehead atoms. The van der Waals surface area contributed by atoms with E-state index in [1.807, 2.05) is 18.8 Å². The summed E-state index contributed by atoms with van der Waals surface area (Å²) in [5, 5.41) is 6.05. The van der Waals surface area contributed by atoms with Crippen molar-refractivity contribution < 1.29 is 4.79 Å². The van der Waals surface area contributed by atoms with Crippen LogP contribution in [0.4, 0.5) is 0 Å². The molecule has 0 heterocycles. The molecule has 0 aliphatic heterocycles. The van der Waals surface area contributed by atoms with Crippen LogP contribution >= 0.6 is 24.2 Å². The largest absolute Gasteiger partial charge is 0.354 e. The molecule has 0 aromatic heterocycles. The van der Waals surface area contributed by atoms with E-state index in [0.717, 1.165) is 30.9 Å². The molecule has 0 spiro atoms. The van der Waals surface area contributed by atoms with Gasteiger partial charge in [0.25, 0.3) is 0 Å². The van der Waals surface area contributed by atoms with Crippen LogP contribution in [0.2, 0.25) is 0 Å². The first kappa shape index (κ1) is 18.4. The zero-order valence-corrected chi connectivity index (χ0v) is 12.2. The van der Waals surface area contributed by atoms with Crippen LogP contribution in [0, 0.1) is 0 Å². The van der Waals surface area contributed by atoms with E-state index in [4.69, 9.17) is 0 Å². The summed E-state index contributed by atoms with van der Waals surface area (Å²) >= 11 is 1.92. The molecule has 3 nitrogen and oxygen atoms in total. The van der Waals surface area contributed by atoms with Crippen molar-refractivity contribution in [1.29, 1.82) is 0 Å². The third-order valence-corrected chi connectivity index (χ3v) is 3.07. The van der Waals surface area contributed by atoms with E-state index in [0.29, 0.717) is 12.5 Å². The van der Waals surface area contributed by atoms with Crippen LogP contribution in [-0.4, -0.2) is 37.0 Å². The Morgan fingerprint density at radius 3 is 2.69 bits per heavy atom. The Balaban J connectivity index is 0. The topological polar surface area (TPSA) is 41.1 Å². The smallest absolute Gasteiger partial charge is 0.220 e. The Hall–Kier alpha value is 0.0700. The number of amides is 1. The molecular weight excluding hydrogens is 244 g/mol. The summed E-state index contributed by atoms with van der Waals surface area (Å²) in [5.41, 5.74) is 0. The molecule has 0 aliphatic carbocycles. The second-order valence-electron chi connectivity index (χ2n) is 3.66. The fourth-order valence-corrected chi connectivity index (χ4v) is 2.06. The van der Waals surface area contributed by atoms with Crippen molar-refractivity contribution in [2.75, 3.05) is 25.1 Å². The van der Waals surface area contributed by atoms with Crippen molar-refractivity contribution in [3.05, 3.63) is 0 Å². The SMILES string of the molecule is CCSCCC(C)NC(=O)CCCNC.Cl. The van der Waals surface area contributed by atoms with Crippen molar-refractivity contribution in [1.82, 2.24) is 10.6 Å².